The van der Waals surface area contributed by atoms with Crippen molar-refractivity contribution in [3.8, 4) is 0 Å². The van der Waals surface area contributed by atoms with E-state index in [-0.39, 0.29) is 17.9 Å². The van der Waals surface area contributed by atoms with Gasteiger partial charge >= 0.3 is 5.97 Å². The van der Waals surface area contributed by atoms with Crippen molar-refractivity contribution in [2.75, 3.05) is 19.5 Å². The van der Waals surface area contributed by atoms with Crippen LogP contribution < -0.4 is 5.73 Å². The fraction of sp³-hybridized carbons (Fsp3) is 0.364. The van der Waals surface area contributed by atoms with Gasteiger partial charge in [0, 0.05) is 12.8 Å². The van der Waals surface area contributed by atoms with Crippen LogP contribution in [0.25, 0.3) is 0 Å². The summed E-state index contributed by atoms with van der Waals surface area (Å²) < 4.78 is 23.1. The number of carbonyl (C=O) groups is 1. The number of benzene rings is 1. The first-order chi connectivity index (χ1) is 7.54. The molecule has 0 aliphatic heterocycles. The van der Waals surface area contributed by atoms with Gasteiger partial charge in [-0.15, -0.1) is 0 Å². The van der Waals surface area contributed by atoms with Crippen LogP contribution >= 0.6 is 0 Å². The smallest absolute Gasteiger partial charge is 0.341 e. The molecular formula is C11H14FNO3. The Labute approximate surface area is 93.2 Å². The van der Waals surface area contributed by atoms with Crippen LogP contribution in [-0.2, 0) is 9.47 Å². The maximum absolute atomic E-state index is 13.3. The molecule has 1 rings (SSSR count). The fourth-order valence-electron chi connectivity index (χ4n) is 1.21. The Balaban J connectivity index is 2.73. The van der Waals surface area contributed by atoms with E-state index in [1.165, 1.54) is 19.2 Å². The number of nitrogens with two attached hydrogens (primary N) is 1. The highest BCUT2D eigenvalue weighted by atomic mass is 19.1. The van der Waals surface area contributed by atoms with Gasteiger partial charge in [0.25, 0.3) is 0 Å². The van der Waals surface area contributed by atoms with Crippen LogP contribution in [0.3, 0.4) is 0 Å². The van der Waals surface area contributed by atoms with E-state index in [1.54, 1.807) is 6.92 Å². The minimum Gasteiger partial charge on any atom is -0.457 e. The molecule has 0 saturated heterocycles. The number of anilines is 1. The van der Waals surface area contributed by atoms with E-state index in [1.807, 2.05) is 0 Å². The predicted molar refractivity (Wildman–Crippen MR) is 57.6 cm³/mol. The molecule has 0 amide bonds. The van der Waals surface area contributed by atoms with E-state index in [9.17, 15) is 9.18 Å². The molecule has 0 fully saturated rings. The molecule has 1 unspecified atom stereocenters. The lowest BCUT2D eigenvalue weighted by molar-refractivity contribution is 0.0116. The zero-order valence-electron chi connectivity index (χ0n) is 9.20. The van der Waals surface area contributed by atoms with E-state index < -0.39 is 17.9 Å². The molecular weight excluding hydrogens is 213 g/mol. The second kappa shape index (κ2) is 5.46. The molecule has 0 saturated carbocycles. The van der Waals surface area contributed by atoms with E-state index in [4.69, 9.17) is 15.2 Å². The van der Waals surface area contributed by atoms with Crippen molar-refractivity contribution in [3.63, 3.8) is 0 Å². The van der Waals surface area contributed by atoms with Gasteiger partial charge in [0.2, 0.25) is 0 Å². The highest BCUT2D eigenvalue weighted by Crippen LogP contribution is 2.13. The van der Waals surface area contributed by atoms with E-state index in [2.05, 4.69) is 0 Å². The summed E-state index contributed by atoms with van der Waals surface area (Å²) in [5.41, 5.74) is 5.50. The van der Waals surface area contributed by atoms with Gasteiger partial charge in [-0.05, 0) is 25.1 Å². The van der Waals surface area contributed by atoms with Gasteiger partial charge in [0.1, 0.15) is 11.9 Å². The molecule has 0 radical (unpaired) electrons. The molecule has 0 bridgehead atoms. The Morgan fingerprint density at radius 3 is 2.81 bits per heavy atom. The average molecular weight is 227 g/mol. The van der Waals surface area contributed by atoms with Crippen molar-refractivity contribution in [1.29, 1.82) is 0 Å². The van der Waals surface area contributed by atoms with Crippen molar-refractivity contribution in [2.24, 2.45) is 0 Å². The van der Waals surface area contributed by atoms with Crippen LogP contribution in [0.2, 0.25) is 0 Å². The summed E-state index contributed by atoms with van der Waals surface area (Å²) in [6.07, 6.45) is -0.422. The van der Waals surface area contributed by atoms with Gasteiger partial charge in [0.15, 0.2) is 0 Å². The van der Waals surface area contributed by atoms with Crippen LogP contribution in [-0.4, -0.2) is 25.8 Å². The van der Waals surface area contributed by atoms with Crippen molar-refractivity contribution in [2.45, 2.75) is 13.0 Å². The predicted octanol–water partition coefficient (Wildman–Crippen LogP) is 1.60. The number of carbonyl (C=O) groups excluding carboxylic acids is 1. The molecule has 16 heavy (non-hydrogen) atoms. The van der Waals surface area contributed by atoms with Crippen LogP contribution in [0.15, 0.2) is 18.2 Å². The number of hydrogen-bond acceptors (Lipinski definition) is 4. The van der Waals surface area contributed by atoms with Crippen LogP contribution in [0.4, 0.5) is 10.1 Å². The monoisotopic (exact) mass is 227 g/mol. The molecule has 0 spiro atoms. The normalized spacial score (nSPS) is 12.2. The zero-order chi connectivity index (χ0) is 12.1. The molecule has 0 aliphatic rings. The number of hydrogen-bond donors (Lipinski definition) is 1. The lowest BCUT2D eigenvalue weighted by Gasteiger charge is -2.12. The lowest BCUT2D eigenvalue weighted by atomic mass is 10.2. The van der Waals surface area contributed by atoms with Gasteiger partial charge in [0.05, 0.1) is 12.2 Å². The van der Waals surface area contributed by atoms with Gasteiger partial charge < -0.3 is 15.2 Å². The number of halogens is 1. The number of nitrogen functional groups attached to an aromatic ring is 1. The van der Waals surface area contributed by atoms with Crippen LogP contribution in [0.1, 0.15) is 17.3 Å². The molecule has 1 aromatic rings. The van der Waals surface area contributed by atoms with Crippen LogP contribution in [0.5, 0.6) is 0 Å². The summed E-state index contributed by atoms with van der Waals surface area (Å²) in [6, 6.07) is 3.82. The van der Waals surface area contributed by atoms with Crippen LogP contribution in [0, 0.1) is 5.82 Å². The first-order valence-electron chi connectivity index (χ1n) is 4.79. The molecule has 0 aromatic heterocycles. The standard InChI is InChI=1S/C11H14FNO3/c1-7(6-15-2)16-11(14)9-4-3-8(13)5-10(9)12/h3-5,7H,6,13H2,1-2H3. The highest BCUT2D eigenvalue weighted by Gasteiger charge is 2.16. The second-order valence-corrected chi connectivity index (χ2v) is 3.41. The summed E-state index contributed by atoms with van der Waals surface area (Å²) in [7, 11) is 1.49. The Bertz CT molecular complexity index is 381. The number of methoxy groups -OCH3 is 1. The molecule has 0 heterocycles. The van der Waals surface area contributed by atoms with Gasteiger partial charge in [-0.3, -0.25) is 0 Å². The molecule has 1 aromatic carbocycles. The minimum atomic E-state index is -0.720. The molecule has 2 N–H and O–H groups in total. The molecule has 1 atom stereocenters. The molecule has 0 aliphatic carbocycles. The second-order valence-electron chi connectivity index (χ2n) is 3.41. The van der Waals surface area contributed by atoms with E-state index >= 15 is 0 Å². The highest BCUT2D eigenvalue weighted by molar-refractivity contribution is 5.90. The molecule has 4 nitrogen and oxygen atoms in total. The number of esters is 1. The SMILES string of the molecule is COCC(C)OC(=O)c1ccc(N)cc1F. The lowest BCUT2D eigenvalue weighted by Crippen LogP contribution is -2.20. The topological polar surface area (TPSA) is 61.5 Å². The first kappa shape index (κ1) is 12.4. The summed E-state index contributed by atoms with van der Waals surface area (Å²) in [4.78, 5) is 11.5. The summed E-state index contributed by atoms with van der Waals surface area (Å²) >= 11 is 0. The third-order valence-electron chi connectivity index (χ3n) is 1.92. The summed E-state index contributed by atoms with van der Waals surface area (Å²) in [5, 5.41) is 0. The number of rotatable bonds is 4. The Hall–Kier alpha value is -1.62. The van der Waals surface area contributed by atoms with Gasteiger partial charge in [-0.2, -0.15) is 0 Å². The van der Waals surface area contributed by atoms with Crippen molar-refractivity contribution in [1.82, 2.24) is 0 Å². The maximum atomic E-state index is 13.3. The molecule has 5 heteroatoms. The fourth-order valence-corrected chi connectivity index (χ4v) is 1.21. The average Bonchev–Trinajstić information content (AvgIpc) is 2.17. The largest absolute Gasteiger partial charge is 0.457 e. The van der Waals surface area contributed by atoms with E-state index in [0.717, 1.165) is 6.07 Å². The Morgan fingerprint density at radius 1 is 1.56 bits per heavy atom. The zero-order valence-corrected chi connectivity index (χ0v) is 9.20. The first-order valence-corrected chi connectivity index (χ1v) is 4.79. The Morgan fingerprint density at radius 2 is 2.25 bits per heavy atom. The van der Waals surface area contributed by atoms with Crippen molar-refractivity contribution < 1.29 is 18.7 Å². The summed E-state index contributed by atoms with van der Waals surface area (Å²) in [5.74, 6) is -1.41. The number of ether oxygens (including phenoxy) is 2. The summed E-state index contributed by atoms with van der Waals surface area (Å²) in [6.45, 7) is 1.93. The van der Waals surface area contributed by atoms with Gasteiger partial charge in [-0.1, -0.05) is 0 Å². The quantitative estimate of drug-likeness (QED) is 0.627. The van der Waals surface area contributed by atoms with Crippen molar-refractivity contribution >= 4 is 11.7 Å². The third kappa shape index (κ3) is 3.20. The molecule has 88 valence electrons. The maximum Gasteiger partial charge on any atom is 0.341 e. The van der Waals surface area contributed by atoms with E-state index in [0.29, 0.717) is 0 Å². The minimum absolute atomic E-state index is 0.128. The Kier molecular flexibility index (Phi) is 4.25. The van der Waals surface area contributed by atoms with Gasteiger partial charge in [-0.25, -0.2) is 9.18 Å². The third-order valence-corrected chi connectivity index (χ3v) is 1.92. The van der Waals surface area contributed by atoms with Crippen molar-refractivity contribution in [3.05, 3.63) is 29.6 Å².